The van der Waals surface area contributed by atoms with Gasteiger partial charge in [-0.05, 0) is 36.8 Å². The highest BCUT2D eigenvalue weighted by Gasteiger charge is 2.18. The first-order valence-electron chi connectivity index (χ1n) is 5.99. The minimum atomic E-state index is -1.23. The Bertz CT molecular complexity index is 729. The van der Waals surface area contributed by atoms with Crippen molar-refractivity contribution in [2.75, 3.05) is 5.32 Å². The number of para-hydroxylation sites is 1. The summed E-state index contributed by atoms with van der Waals surface area (Å²) in [5.74, 6) is -3.79. The van der Waals surface area contributed by atoms with Gasteiger partial charge in [0, 0.05) is 0 Å². The molecule has 0 saturated carbocycles. The normalized spacial score (nSPS) is 10.2. The van der Waals surface area contributed by atoms with Gasteiger partial charge in [0.25, 0.3) is 5.91 Å². The van der Waals surface area contributed by atoms with Crippen molar-refractivity contribution in [3.8, 4) is 0 Å². The van der Waals surface area contributed by atoms with Crippen LogP contribution in [0.5, 0.6) is 0 Å². The van der Waals surface area contributed by atoms with E-state index in [1.807, 2.05) is 0 Å². The highest BCUT2D eigenvalue weighted by atomic mass is 19.1. The molecular formula is C15H11F2NO3. The average molecular weight is 291 g/mol. The minimum Gasteiger partial charge on any atom is -0.478 e. The maximum absolute atomic E-state index is 13.5. The molecule has 0 fully saturated rings. The van der Waals surface area contributed by atoms with Crippen LogP contribution in [0.3, 0.4) is 0 Å². The SMILES string of the molecule is Cc1cccc(C(=O)O)c1NC(=O)c1cc(F)ccc1F. The van der Waals surface area contributed by atoms with Crippen LogP contribution in [0.15, 0.2) is 36.4 Å². The maximum Gasteiger partial charge on any atom is 0.337 e. The fourth-order valence-electron chi connectivity index (χ4n) is 1.86. The molecule has 2 N–H and O–H groups in total. The van der Waals surface area contributed by atoms with Crippen LogP contribution in [0.1, 0.15) is 26.3 Å². The number of carbonyl (C=O) groups is 2. The number of nitrogens with one attached hydrogen (secondary N) is 1. The van der Waals surface area contributed by atoms with Gasteiger partial charge in [-0.15, -0.1) is 0 Å². The summed E-state index contributed by atoms with van der Waals surface area (Å²) in [5, 5.41) is 11.4. The Balaban J connectivity index is 2.41. The van der Waals surface area contributed by atoms with Crippen molar-refractivity contribution in [2.24, 2.45) is 0 Å². The van der Waals surface area contributed by atoms with Gasteiger partial charge < -0.3 is 10.4 Å². The van der Waals surface area contributed by atoms with Gasteiger partial charge in [-0.3, -0.25) is 4.79 Å². The molecule has 0 unspecified atom stereocenters. The van der Waals surface area contributed by atoms with Gasteiger partial charge in [0.05, 0.1) is 16.8 Å². The Morgan fingerprint density at radius 1 is 1.10 bits per heavy atom. The summed E-state index contributed by atoms with van der Waals surface area (Å²) in [7, 11) is 0. The number of carboxylic acids is 1. The molecule has 2 aromatic rings. The molecular weight excluding hydrogens is 280 g/mol. The molecule has 0 aliphatic heterocycles. The zero-order chi connectivity index (χ0) is 15.6. The van der Waals surface area contributed by atoms with Crippen LogP contribution >= 0.6 is 0 Å². The molecule has 0 saturated heterocycles. The number of rotatable bonds is 3. The Morgan fingerprint density at radius 2 is 1.81 bits per heavy atom. The highest BCUT2D eigenvalue weighted by Crippen LogP contribution is 2.22. The molecule has 108 valence electrons. The van der Waals surface area contributed by atoms with Crippen LogP contribution < -0.4 is 5.32 Å². The van der Waals surface area contributed by atoms with E-state index in [1.165, 1.54) is 12.1 Å². The molecule has 2 rings (SSSR count). The number of anilines is 1. The van der Waals surface area contributed by atoms with Gasteiger partial charge in [0.15, 0.2) is 0 Å². The van der Waals surface area contributed by atoms with Crippen molar-refractivity contribution in [3.63, 3.8) is 0 Å². The summed E-state index contributed by atoms with van der Waals surface area (Å²) in [6.07, 6.45) is 0. The first-order chi connectivity index (χ1) is 9.90. The summed E-state index contributed by atoms with van der Waals surface area (Å²) in [6.45, 7) is 1.60. The Morgan fingerprint density at radius 3 is 2.48 bits per heavy atom. The van der Waals surface area contributed by atoms with E-state index in [0.717, 1.165) is 18.2 Å². The quantitative estimate of drug-likeness (QED) is 0.912. The predicted molar refractivity (Wildman–Crippen MR) is 72.4 cm³/mol. The standard InChI is InChI=1S/C15H11F2NO3/c1-8-3-2-4-10(15(20)21)13(8)18-14(19)11-7-9(16)5-6-12(11)17/h2-7H,1H3,(H,18,19)(H,20,21). The summed E-state index contributed by atoms with van der Waals surface area (Å²) >= 11 is 0. The molecule has 0 aliphatic rings. The second kappa shape index (κ2) is 5.70. The molecule has 0 radical (unpaired) electrons. The van der Waals surface area contributed by atoms with Gasteiger partial charge in [-0.25, -0.2) is 13.6 Å². The van der Waals surface area contributed by atoms with Crippen molar-refractivity contribution in [2.45, 2.75) is 6.92 Å². The van der Waals surface area contributed by atoms with Crippen LogP contribution in [0.4, 0.5) is 14.5 Å². The monoisotopic (exact) mass is 291 g/mol. The third kappa shape index (κ3) is 3.05. The van der Waals surface area contributed by atoms with E-state index in [0.29, 0.717) is 5.56 Å². The van der Waals surface area contributed by atoms with E-state index in [4.69, 9.17) is 5.11 Å². The smallest absolute Gasteiger partial charge is 0.337 e. The Kier molecular flexibility index (Phi) is 3.98. The lowest BCUT2D eigenvalue weighted by Crippen LogP contribution is -2.17. The molecule has 4 nitrogen and oxygen atoms in total. The second-order valence-corrected chi connectivity index (χ2v) is 4.38. The maximum atomic E-state index is 13.5. The first-order valence-corrected chi connectivity index (χ1v) is 5.99. The van der Waals surface area contributed by atoms with Crippen LogP contribution in [0.25, 0.3) is 0 Å². The van der Waals surface area contributed by atoms with E-state index >= 15 is 0 Å². The molecule has 0 aromatic heterocycles. The van der Waals surface area contributed by atoms with E-state index in [1.54, 1.807) is 13.0 Å². The van der Waals surface area contributed by atoms with Gasteiger partial charge in [0.1, 0.15) is 11.6 Å². The predicted octanol–water partition coefficient (Wildman–Crippen LogP) is 3.22. The number of hydrogen-bond donors (Lipinski definition) is 2. The third-order valence-corrected chi connectivity index (χ3v) is 2.91. The highest BCUT2D eigenvalue weighted by molar-refractivity contribution is 6.08. The zero-order valence-electron chi connectivity index (χ0n) is 11.0. The number of carboxylic acid groups (broad SMARTS) is 1. The summed E-state index contributed by atoms with van der Waals surface area (Å²) in [6, 6.07) is 6.92. The van der Waals surface area contributed by atoms with Crippen molar-refractivity contribution in [3.05, 3.63) is 64.7 Å². The lowest BCUT2D eigenvalue weighted by atomic mass is 10.1. The summed E-state index contributed by atoms with van der Waals surface area (Å²) in [5.41, 5.74) is -0.0616. The lowest BCUT2D eigenvalue weighted by Gasteiger charge is -2.12. The number of benzene rings is 2. The van der Waals surface area contributed by atoms with Crippen molar-refractivity contribution in [1.82, 2.24) is 0 Å². The molecule has 6 heteroatoms. The molecule has 0 heterocycles. The molecule has 21 heavy (non-hydrogen) atoms. The first kappa shape index (κ1) is 14.6. The molecule has 2 aromatic carbocycles. The number of amides is 1. The Labute approximate surface area is 119 Å². The van der Waals surface area contributed by atoms with Crippen molar-refractivity contribution in [1.29, 1.82) is 0 Å². The summed E-state index contributed by atoms with van der Waals surface area (Å²) < 4.78 is 26.6. The van der Waals surface area contributed by atoms with Crippen molar-refractivity contribution >= 4 is 17.6 Å². The molecule has 1 amide bonds. The number of halogens is 2. The van der Waals surface area contributed by atoms with Gasteiger partial charge in [0.2, 0.25) is 0 Å². The van der Waals surface area contributed by atoms with Gasteiger partial charge in [-0.1, -0.05) is 12.1 Å². The molecule has 0 bridgehead atoms. The number of hydrogen-bond acceptors (Lipinski definition) is 2. The number of aromatic carboxylic acids is 1. The fraction of sp³-hybridized carbons (Fsp3) is 0.0667. The van der Waals surface area contributed by atoms with E-state index in [-0.39, 0.29) is 11.3 Å². The summed E-state index contributed by atoms with van der Waals surface area (Å²) in [4.78, 5) is 23.1. The average Bonchev–Trinajstić information content (AvgIpc) is 2.43. The molecule has 0 spiro atoms. The minimum absolute atomic E-state index is 0.0543. The van der Waals surface area contributed by atoms with Gasteiger partial charge in [-0.2, -0.15) is 0 Å². The topological polar surface area (TPSA) is 66.4 Å². The number of aryl methyl sites for hydroxylation is 1. The van der Waals surface area contributed by atoms with Crippen LogP contribution in [0, 0.1) is 18.6 Å². The van der Waals surface area contributed by atoms with Crippen molar-refractivity contribution < 1.29 is 23.5 Å². The zero-order valence-corrected chi connectivity index (χ0v) is 11.0. The molecule has 0 aliphatic carbocycles. The van der Waals surface area contributed by atoms with Gasteiger partial charge >= 0.3 is 5.97 Å². The van der Waals surface area contributed by atoms with Crippen LogP contribution in [-0.2, 0) is 0 Å². The Hall–Kier alpha value is -2.76. The largest absolute Gasteiger partial charge is 0.478 e. The van der Waals surface area contributed by atoms with Crippen LogP contribution in [0.2, 0.25) is 0 Å². The van der Waals surface area contributed by atoms with E-state index in [2.05, 4.69) is 5.32 Å². The lowest BCUT2D eigenvalue weighted by molar-refractivity contribution is 0.0698. The van der Waals surface area contributed by atoms with E-state index in [9.17, 15) is 18.4 Å². The van der Waals surface area contributed by atoms with E-state index < -0.39 is 29.1 Å². The number of carbonyl (C=O) groups excluding carboxylic acids is 1. The fourth-order valence-corrected chi connectivity index (χ4v) is 1.86. The van der Waals surface area contributed by atoms with Crippen LogP contribution in [-0.4, -0.2) is 17.0 Å². The molecule has 0 atom stereocenters. The second-order valence-electron chi connectivity index (χ2n) is 4.38. The third-order valence-electron chi connectivity index (χ3n) is 2.91.